The monoisotopic (exact) mass is 439 g/mol. The highest BCUT2D eigenvalue weighted by atomic mass is 19.3. The maximum Gasteiger partial charge on any atom is 0.321 e. The van der Waals surface area contributed by atoms with E-state index in [1.165, 1.54) is 24.5 Å². The fourth-order valence-corrected chi connectivity index (χ4v) is 3.06. The van der Waals surface area contributed by atoms with Gasteiger partial charge in [-0.3, -0.25) is 19.5 Å². The van der Waals surface area contributed by atoms with E-state index in [-0.39, 0.29) is 11.4 Å². The van der Waals surface area contributed by atoms with Crippen LogP contribution in [0.4, 0.5) is 26.0 Å². The Kier molecular flexibility index (Phi) is 5.46. The largest absolute Gasteiger partial charge is 0.457 e. The quantitative estimate of drug-likeness (QED) is 0.334. The molecule has 0 fully saturated rings. The number of hydrogen-bond donors (Lipinski definition) is 1. The maximum atomic E-state index is 12.7. The van der Waals surface area contributed by atoms with Gasteiger partial charge in [0, 0.05) is 35.5 Å². The predicted molar refractivity (Wildman–Crippen MR) is 113 cm³/mol. The van der Waals surface area contributed by atoms with E-state index < -0.39 is 17.0 Å². The normalized spacial score (nSPS) is 11.0. The molecular weight excluding hydrogens is 424 g/mol. The summed E-state index contributed by atoms with van der Waals surface area (Å²) in [6.07, 6.45) is 2.31. The van der Waals surface area contributed by atoms with E-state index in [1.807, 2.05) is 0 Å². The molecule has 9 nitrogen and oxygen atoms in total. The number of ether oxygens (including phenoxy) is 1. The number of aryl methyl sites for hydroxylation is 1. The van der Waals surface area contributed by atoms with E-state index in [4.69, 9.17) is 4.74 Å². The first-order chi connectivity index (χ1) is 15.3. The van der Waals surface area contributed by atoms with Crippen LogP contribution in [0.3, 0.4) is 0 Å². The number of nitrogens with one attached hydrogen (secondary N) is 1. The van der Waals surface area contributed by atoms with E-state index in [1.54, 1.807) is 31.2 Å². The molecule has 0 spiro atoms. The summed E-state index contributed by atoms with van der Waals surface area (Å²) in [7, 11) is 0. The molecule has 0 bridgehead atoms. The molecule has 0 radical (unpaired) electrons. The van der Waals surface area contributed by atoms with Crippen LogP contribution in [0.15, 0.2) is 65.8 Å². The predicted octanol–water partition coefficient (Wildman–Crippen LogP) is 4.94. The Morgan fingerprint density at radius 1 is 1.12 bits per heavy atom. The summed E-state index contributed by atoms with van der Waals surface area (Å²) in [4.78, 5) is 30.6. The Bertz CT molecular complexity index is 1390. The highest BCUT2D eigenvalue weighted by Gasteiger charge is 2.12. The topological polar surface area (TPSA) is 112 Å². The summed E-state index contributed by atoms with van der Waals surface area (Å²) in [6.45, 7) is -1.16. The molecular formula is C21H15F2N5O4. The van der Waals surface area contributed by atoms with Crippen molar-refractivity contribution in [2.24, 2.45) is 0 Å². The van der Waals surface area contributed by atoms with Crippen molar-refractivity contribution in [3.05, 3.63) is 87.1 Å². The van der Waals surface area contributed by atoms with Gasteiger partial charge in [-0.15, -0.1) is 0 Å². The van der Waals surface area contributed by atoms with Gasteiger partial charge in [0.15, 0.2) is 0 Å². The van der Waals surface area contributed by atoms with E-state index in [2.05, 4.69) is 15.3 Å². The second-order valence-corrected chi connectivity index (χ2v) is 6.77. The average molecular weight is 439 g/mol. The first kappa shape index (κ1) is 20.8. The van der Waals surface area contributed by atoms with Crippen LogP contribution in [0.1, 0.15) is 12.1 Å². The van der Waals surface area contributed by atoms with Gasteiger partial charge in [-0.1, -0.05) is 0 Å². The minimum absolute atomic E-state index is 0.0796. The Hall–Kier alpha value is -4.41. The van der Waals surface area contributed by atoms with Gasteiger partial charge in [0.25, 0.3) is 11.2 Å². The van der Waals surface area contributed by atoms with Crippen molar-refractivity contribution in [1.29, 1.82) is 0 Å². The standard InChI is InChI=1S/C21H15F2N5O4/c1-12-8-13(2-5-18(12)32-15-6-7-27(21(22)23)19(29)10-15)26-20-16-9-14(28(30)31)3-4-17(16)24-11-25-20/h2-11,21H,1H3,(H,24,25,26). The van der Waals surface area contributed by atoms with Crippen LogP contribution in [-0.2, 0) is 0 Å². The van der Waals surface area contributed by atoms with Crippen molar-refractivity contribution in [3.8, 4) is 11.5 Å². The molecule has 2 heterocycles. The lowest BCUT2D eigenvalue weighted by Crippen LogP contribution is -2.18. The van der Waals surface area contributed by atoms with Crippen LogP contribution in [0, 0.1) is 17.0 Å². The second kappa shape index (κ2) is 8.38. The number of alkyl halides is 2. The van der Waals surface area contributed by atoms with Gasteiger partial charge in [0.2, 0.25) is 0 Å². The van der Waals surface area contributed by atoms with E-state index in [0.29, 0.717) is 38.3 Å². The number of aromatic nitrogens is 3. The molecule has 0 aliphatic carbocycles. The number of pyridine rings is 1. The number of fused-ring (bicyclic) bond motifs is 1. The van der Waals surface area contributed by atoms with E-state index in [9.17, 15) is 23.7 Å². The number of nitrogens with zero attached hydrogens (tertiary/aromatic N) is 4. The third-order valence-electron chi connectivity index (χ3n) is 4.63. The summed E-state index contributed by atoms with van der Waals surface area (Å²) in [5.41, 5.74) is 0.914. The van der Waals surface area contributed by atoms with Crippen molar-refractivity contribution < 1.29 is 18.4 Å². The molecule has 0 aliphatic heterocycles. The molecule has 0 unspecified atom stereocenters. The molecule has 0 aliphatic rings. The number of benzene rings is 2. The van der Waals surface area contributed by atoms with Gasteiger partial charge in [0.05, 0.1) is 10.4 Å². The molecule has 0 amide bonds. The molecule has 4 rings (SSSR count). The van der Waals surface area contributed by atoms with Gasteiger partial charge in [0.1, 0.15) is 23.6 Å². The smallest absolute Gasteiger partial charge is 0.321 e. The second-order valence-electron chi connectivity index (χ2n) is 6.77. The van der Waals surface area contributed by atoms with Crippen molar-refractivity contribution in [2.75, 3.05) is 5.32 Å². The molecule has 11 heteroatoms. The lowest BCUT2D eigenvalue weighted by Gasteiger charge is -2.13. The number of rotatable bonds is 6. The van der Waals surface area contributed by atoms with Crippen LogP contribution in [-0.4, -0.2) is 19.5 Å². The highest BCUT2D eigenvalue weighted by Crippen LogP contribution is 2.30. The maximum absolute atomic E-state index is 12.7. The fourth-order valence-electron chi connectivity index (χ4n) is 3.06. The van der Waals surface area contributed by atoms with Crippen LogP contribution < -0.4 is 15.6 Å². The zero-order chi connectivity index (χ0) is 22.8. The Morgan fingerprint density at radius 3 is 2.62 bits per heavy atom. The zero-order valence-electron chi connectivity index (χ0n) is 16.5. The first-order valence-electron chi connectivity index (χ1n) is 9.27. The van der Waals surface area contributed by atoms with Gasteiger partial charge >= 0.3 is 6.55 Å². The summed E-state index contributed by atoms with van der Waals surface area (Å²) >= 11 is 0. The third-order valence-corrected chi connectivity index (χ3v) is 4.63. The number of nitro benzene ring substituents is 1. The van der Waals surface area contributed by atoms with Crippen LogP contribution in [0.2, 0.25) is 0 Å². The number of nitro groups is 1. The van der Waals surface area contributed by atoms with Crippen LogP contribution >= 0.6 is 0 Å². The molecule has 0 saturated carbocycles. The third kappa shape index (κ3) is 4.21. The van der Waals surface area contributed by atoms with Gasteiger partial charge in [-0.2, -0.15) is 8.78 Å². The zero-order valence-corrected chi connectivity index (χ0v) is 16.5. The van der Waals surface area contributed by atoms with E-state index in [0.717, 1.165) is 12.3 Å². The molecule has 4 aromatic rings. The first-order valence-corrected chi connectivity index (χ1v) is 9.27. The number of halogens is 2. The minimum Gasteiger partial charge on any atom is -0.457 e. The van der Waals surface area contributed by atoms with Crippen molar-refractivity contribution in [1.82, 2.24) is 14.5 Å². The Morgan fingerprint density at radius 2 is 1.94 bits per heavy atom. The Balaban J connectivity index is 1.59. The number of hydrogen-bond acceptors (Lipinski definition) is 7. The van der Waals surface area contributed by atoms with Crippen LogP contribution in [0.25, 0.3) is 10.9 Å². The lowest BCUT2D eigenvalue weighted by atomic mass is 10.1. The van der Waals surface area contributed by atoms with Gasteiger partial charge < -0.3 is 10.1 Å². The number of anilines is 2. The molecule has 162 valence electrons. The summed E-state index contributed by atoms with van der Waals surface area (Å²) in [5, 5.41) is 14.7. The fraction of sp³-hybridized carbons (Fsp3) is 0.0952. The minimum atomic E-state index is -2.93. The lowest BCUT2D eigenvalue weighted by molar-refractivity contribution is -0.384. The Labute approximate surface area is 179 Å². The highest BCUT2D eigenvalue weighted by molar-refractivity contribution is 5.92. The molecule has 0 atom stereocenters. The van der Waals surface area contributed by atoms with Crippen molar-refractivity contribution >= 4 is 28.1 Å². The molecule has 2 aromatic carbocycles. The number of non-ortho nitro benzene ring substituents is 1. The summed E-state index contributed by atoms with van der Waals surface area (Å²) in [5.74, 6) is 0.945. The van der Waals surface area contributed by atoms with Gasteiger partial charge in [-0.25, -0.2) is 9.97 Å². The molecule has 1 N–H and O–H groups in total. The van der Waals surface area contributed by atoms with Crippen molar-refractivity contribution in [2.45, 2.75) is 13.5 Å². The van der Waals surface area contributed by atoms with Crippen LogP contribution in [0.5, 0.6) is 11.5 Å². The molecule has 2 aromatic heterocycles. The molecule has 32 heavy (non-hydrogen) atoms. The summed E-state index contributed by atoms with van der Waals surface area (Å²) in [6, 6.07) is 11.6. The average Bonchev–Trinajstić information content (AvgIpc) is 2.75. The SMILES string of the molecule is Cc1cc(Nc2ncnc3ccc([N+](=O)[O-])cc23)ccc1Oc1ccn(C(F)F)c(=O)c1. The van der Waals surface area contributed by atoms with E-state index >= 15 is 0 Å². The molecule has 0 saturated heterocycles. The summed E-state index contributed by atoms with van der Waals surface area (Å²) < 4.78 is 31.4. The van der Waals surface area contributed by atoms with Crippen molar-refractivity contribution in [3.63, 3.8) is 0 Å². The van der Waals surface area contributed by atoms with Gasteiger partial charge in [-0.05, 0) is 42.8 Å².